The van der Waals surface area contributed by atoms with Gasteiger partial charge in [-0.15, -0.1) is 0 Å². The number of unbranched alkanes of at least 4 members (excludes halogenated alkanes) is 10. The van der Waals surface area contributed by atoms with E-state index in [1.54, 1.807) is 0 Å². The Hall–Kier alpha value is -1.11. The molecule has 0 atom stereocenters. The van der Waals surface area contributed by atoms with Gasteiger partial charge in [-0.2, -0.15) is 0 Å². The van der Waals surface area contributed by atoms with Crippen molar-refractivity contribution in [3.05, 3.63) is 35.4 Å². The van der Waals surface area contributed by atoms with E-state index in [2.05, 4.69) is 13.8 Å². The SMILES string of the molecule is CCCCCCCCCCCCCC(=O)c1ccc(C)cc1. The number of aryl methyl sites for hydroxylation is 1. The molecule has 1 heteroatoms. The lowest BCUT2D eigenvalue weighted by molar-refractivity contribution is 0.0979. The van der Waals surface area contributed by atoms with Crippen LogP contribution in [0.2, 0.25) is 0 Å². The van der Waals surface area contributed by atoms with Gasteiger partial charge in [0.1, 0.15) is 0 Å². The molecule has 22 heavy (non-hydrogen) atoms. The van der Waals surface area contributed by atoms with Crippen molar-refractivity contribution in [2.75, 3.05) is 0 Å². The van der Waals surface area contributed by atoms with E-state index in [0.717, 1.165) is 12.0 Å². The lowest BCUT2D eigenvalue weighted by Crippen LogP contribution is -1.98. The van der Waals surface area contributed by atoms with Crippen LogP contribution in [-0.2, 0) is 0 Å². The zero-order valence-electron chi connectivity index (χ0n) is 14.7. The lowest BCUT2D eigenvalue weighted by Gasteiger charge is -2.03. The molecule has 0 fully saturated rings. The van der Waals surface area contributed by atoms with Crippen molar-refractivity contribution in [1.29, 1.82) is 0 Å². The van der Waals surface area contributed by atoms with Crippen molar-refractivity contribution in [2.45, 2.75) is 90.9 Å². The molecule has 0 aliphatic carbocycles. The van der Waals surface area contributed by atoms with Gasteiger partial charge >= 0.3 is 0 Å². The van der Waals surface area contributed by atoms with Gasteiger partial charge in [0.05, 0.1) is 0 Å². The molecular formula is C21H34O. The van der Waals surface area contributed by atoms with Crippen molar-refractivity contribution < 1.29 is 4.79 Å². The van der Waals surface area contributed by atoms with Gasteiger partial charge in [-0.25, -0.2) is 0 Å². The highest BCUT2D eigenvalue weighted by Gasteiger charge is 2.04. The Balaban J connectivity index is 1.93. The molecule has 1 nitrogen and oxygen atoms in total. The zero-order chi connectivity index (χ0) is 16.0. The summed E-state index contributed by atoms with van der Waals surface area (Å²) < 4.78 is 0. The number of Topliss-reactive ketones (excluding diaryl/α,β-unsaturated/α-hetero) is 1. The maximum atomic E-state index is 12.0. The van der Waals surface area contributed by atoms with Crippen molar-refractivity contribution in [3.63, 3.8) is 0 Å². The highest BCUT2D eigenvalue weighted by molar-refractivity contribution is 5.96. The number of carbonyl (C=O) groups is 1. The minimum absolute atomic E-state index is 0.302. The van der Waals surface area contributed by atoms with E-state index in [4.69, 9.17) is 0 Å². The fraction of sp³-hybridized carbons (Fsp3) is 0.667. The molecule has 1 aromatic rings. The molecule has 0 heterocycles. The van der Waals surface area contributed by atoms with Crippen LogP contribution in [0, 0.1) is 6.92 Å². The van der Waals surface area contributed by atoms with E-state index in [0.29, 0.717) is 12.2 Å². The molecule has 0 saturated carbocycles. The average Bonchev–Trinajstić information content (AvgIpc) is 2.53. The second-order valence-electron chi connectivity index (χ2n) is 6.57. The molecule has 0 saturated heterocycles. The Bertz CT molecular complexity index is 391. The number of hydrogen-bond donors (Lipinski definition) is 0. The molecule has 0 bridgehead atoms. The first kappa shape index (κ1) is 18.9. The predicted molar refractivity (Wildman–Crippen MR) is 96.6 cm³/mol. The molecular weight excluding hydrogens is 268 g/mol. The van der Waals surface area contributed by atoms with Crippen LogP contribution in [0.4, 0.5) is 0 Å². The third-order valence-corrected chi connectivity index (χ3v) is 4.38. The minimum atomic E-state index is 0.302. The molecule has 0 N–H and O–H groups in total. The van der Waals surface area contributed by atoms with Gasteiger partial charge in [-0.3, -0.25) is 4.79 Å². The van der Waals surface area contributed by atoms with E-state index < -0.39 is 0 Å². The third kappa shape index (κ3) is 9.02. The first-order valence-corrected chi connectivity index (χ1v) is 9.34. The summed E-state index contributed by atoms with van der Waals surface area (Å²) in [7, 11) is 0. The first-order chi connectivity index (χ1) is 10.7. The van der Waals surface area contributed by atoms with Crippen LogP contribution in [0.15, 0.2) is 24.3 Å². The largest absolute Gasteiger partial charge is 0.294 e. The van der Waals surface area contributed by atoms with Gasteiger partial charge in [0.15, 0.2) is 5.78 Å². The average molecular weight is 303 g/mol. The van der Waals surface area contributed by atoms with E-state index in [1.807, 2.05) is 24.3 Å². The van der Waals surface area contributed by atoms with Gasteiger partial charge in [0.25, 0.3) is 0 Å². The van der Waals surface area contributed by atoms with Crippen LogP contribution in [0.5, 0.6) is 0 Å². The Kier molecular flexibility index (Phi) is 10.7. The number of benzene rings is 1. The van der Waals surface area contributed by atoms with Crippen LogP contribution < -0.4 is 0 Å². The van der Waals surface area contributed by atoms with Crippen LogP contribution in [0.1, 0.15) is 99.9 Å². The number of ketones is 1. The topological polar surface area (TPSA) is 17.1 Å². The molecule has 124 valence electrons. The Morgan fingerprint density at radius 1 is 0.727 bits per heavy atom. The summed E-state index contributed by atoms with van der Waals surface area (Å²) >= 11 is 0. The molecule has 0 aliphatic heterocycles. The summed E-state index contributed by atoms with van der Waals surface area (Å²) in [6.07, 6.45) is 15.3. The van der Waals surface area contributed by atoms with Crippen molar-refractivity contribution in [3.8, 4) is 0 Å². The normalized spacial score (nSPS) is 10.8. The van der Waals surface area contributed by atoms with Crippen molar-refractivity contribution in [2.24, 2.45) is 0 Å². The second kappa shape index (κ2) is 12.4. The van der Waals surface area contributed by atoms with Gasteiger partial charge in [0, 0.05) is 12.0 Å². The summed E-state index contributed by atoms with van der Waals surface area (Å²) in [6.45, 7) is 4.32. The number of carbonyl (C=O) groups excluding carboxylic acids is 1. The highest BCUT2D eigenvalue weighted by atomic mass is 16.1. The van der Waals surface area contributed by atoms with Gasteiger partial charge in [-0.05, 0) is 13.3 Å². The Morgan fingerprint density at radius 3 is 1.68 bits per heavy atom. The fourth-order valence-corrected chi connectivity index (χ4v) is 2.83. The van der Waals surface area contributed by atoms with E-state index in [-0.39, 0.29) is 0 Å². The molecule has 1 aromatic carbocycles. The Morgan fingerprint density at radius 2 is 1.18 bits per heavy atom. The summed E-state index contributed by atoms with van der Waals surface area (Å²) in [5.74, 6) is 0.302. The van der Waals surface area contributed by atoms with E-state index in [1.165, 1.54) is 69.8 Å². The summed E-state index contributed by atoms with van der Waals surface area (Å²) in [5.41, 5.74) is 2.09. The van der Waals surface area contributed by atoms with Gasteiger partial charge in [-0.1, -0.05) is 101 Å². The maximum Gasteiger partial charge on any atom is 0.162 e. The number of hydrogen-bond acceptors (Lipinski definition) is 1. The molecule has 0 aliphatic rings. The number of rotatable bonds is 13. The molecule has 0 unspecified atom stereocenters. The summed E-state index contributed by atoms with van der Waals surface area (Å²) in [6, 6.07) is 7.95. The summed E-state index contributed by atoms with van der Waals surface area (Å²) in [4.78, 5) is 12.0. The van der Waals surface area contributed by atoms with Gasteiger partial charge < -0.3 is 0 Å². The standard InChI is InChI=1S/C21H34O/c1-3-4-5-6-7-8-9-10-11-12-13-14-21(22)20-17-15-19(2)16-18-20/h15-18H,3-14H2,1-2H3. The van der Waals surface area contributed by atoms with Crippen molar-refractivity contribution in [1.82, 2.24) is 0 Å². The lowest BCUT2D eigenvalue weighted by atomic mass is 10.0. The molecule has 0 aromatic heterocycles. The summed E-state index contributed by atoms with van der Waals surface area (Å²) in [5, 5.41) is 0. The second-order valence-corrected chi connectivity index (χ2v) is 6.57. The third-order valence-electron chi connectivity index (χ3n) is 4.38. The van der Waals surface area contributed by atoms with E-state index in [9.17, 15) is 4.79 Å². The van der Waals surface area contributed by atoms with Crippen LogP contribution in [0.3, 0.4) is 0 Å². The highest BCUT2D eigenvalue weighted by Crippen LogP contribution is 2.13. The van der Waals surface area contributed by atoms with Crippen LogP contribution in [0.25, 0.3) is 0 Å². The van der Waals surface area contributed by atoms with Crippen LogP contribution in [-0.4, -0.2) is 5.78 Å². The molecule has 0 amide bonds. The predicted octanol–water partition coefficient (Wildman–Crippen LogP) is 6.88. The van der Waals surface area contributed by atoms with Crippen molar-refractivity contribution >= 4 is 5.78 Å². The van der Waals surface area contributed by atoms with E-state index >= 15 is 0 Å². The minimum Gasteiger partial charge on any atom is -0.294 e. The quantitative estimate of drug-likeness (QED) is 0.287. The molecule has 0 spiro atoms. The first-order valence-electron chi connectivity index (χ1n) is 9.34. The zero-order valence-corrected chi connectivity index (χ0v) is 14.7. The molecule has 1 rings (SSSR count). The Labute approximate surface area is 137 Å². The maximum absolute atomic E-state index is 12.0. The fourth-order valence-electron chi connectivity index (χ4n) is 2.83. The smallest absolute Gasteiger partial charge is 0.162 e. The van der Waals surface area contributed by atoms with Gasteiger partial charge in [0.2, 0.25) is 0 Å². The molecule has 0 radical (unpaired) electrons. The monoisotopic (exact) mass is 302 g/mol. The van der Waals surface area contributed by atoms with Crippen LogP contribution >= 0.6 is 0 Å².